The molecule has 1 aromatic heterocycles. The van der Waals surface area contributed by atoms with Crippen molar-refractivity contribution < 1.29 is 0 Å². The van der Waals surface area contributed by atoms with Crippen LogP contribution in [0.3, 0.4) is 0 Å². The lowest BCUT2D eigenvalue weighted by Crippen LogP contribution is -2.20. The number of hydrogen-bond donors (Lipinski definition) is 3. The summed E-state index contributed by atoms with van der Waals surface area (Å²) in [7, 11) is 0. The summed E-state index contributed by atoms with van der Waals surface area (Å²) in [5.41, 5.74) is 7.76. The molecule has 0 amide bonds. The zero-order chi connectivity index (χ0) is 16.1. The minimum atomic E-state index is 0.450. The summed E-state index contributed by atoms with van der Waals surface area (Å²) in [6.45, 7) is 0. The number of nitrogens with zero attached hydrogens (tertiary/aromatic N) is 2. The average Bonchev–Trinajstić information content (AvgIpc) is 2.82. The molecule has 1 aliphatic rings. The van der Waals surface area contributed by atoms with Crippen molar-refractivity contribution in [3.05, 3.63) is 35.1 Å². The number of nitrogen functional groups attached to an aromatic ring is 1. The zero-order valence-electron chi connectivity index (χ0n) is 13.1. The van der Waals surface area contributed by atoms with Crippen molar-refractivity contribution in [2.24, 2.45) is 0 Å². The van der Waals surface area contributed by atoms with Gasteiger partial charge >= 0.3 is 0 Å². The third-order valence-electron chi connectivity index (χ3n) is 4.21. The first-order valence-electron chi connectivity index (χ1n) is 8.12. The summed E-state index contributed by atoms with van der Waals surface area (Å²) in [6.07, 6.45) is 9.09. The van der Waals surface area contributed by atoms with Crippen LogP contribution >= 0.6 is 15.9 Å². The van der Waals surface area contributed by atoms with Crippen molar-refractivity contribution >= 4 is 38.9 Å². The molecule has 0 radical (unpaired) electrons. The van der Waals surface area contributed by atoms with E-state index in [9.17, 15) is 0 Å². The third kappa shape index (κ3) is 4.13. The minimum Gasteiger partial charge on any atom is -0.393 e. The first-order valence-corrected chi connectivity index (χ1v) is 8.92. The van der Waals surface area contributed by atoms with Gasteiger partial charge in [-0.25, -0.2) is 9.97 Å². The lowest BCUT2D eigenvalue weighted by atomic mass is 10.1. The van der Waals surface area contributed by atoms with Gasteiger partial charge < -0.3 is 16.4 Å². The van der Waals surface area contributed by atoms with Crippen LogP contribution in [-0.2, 0) is 0 Å². The van der Waals surface area contributed by atoms with Crippen molar-refractivity contribution in [2.45, 2.75) is 44.6 Å². The van der Waals surface area contributed by atoms with Gasteiger partial charge in [-0.2, -0.15) is 0 Å². The number of nitrogens with one attached hydrogen (secondary N) is 2. The van der Waals surface area contributed by atoms with Crippen LogP contribution in [0.15, 0.2) is 35.1 Å². The summed E-state index contributed by atoms with van der Waals surface area (Å²) >= 11 is 3.52. The maximum absolute atomic E-state index is 6.27. The van der Waals surface area contributed by atoms with Crippen molar-refractivity contribution in [3.8, 4) is 0 Å². The summed E-state index contributed by atoms with van der Waals surface area (Å²) in [6, 6.07) is 8.34. The molecule has 23 heavy (non-hydrogen) atoms. The Morgan fingerprint density at radius 3 is 2.43 bits per heavy atom. The van der Waals surface area contributed by atoms with Crippen LogP contribution in [0.5, 0.6) is 0 Å². The van der Waals surface area contributed by atoms with Crippen LogP contribution in [-0.4, -0.2) is 16.0 Å². The Hall–Kier alpha value is -1.82. The van der Waals surface area contributed by atoms with Gasteiger partial charge in [0.15, 0.2) is 11.6 Å². The van der Waals surface area contributed by atoms with E-state index >= 15 is 0 Å². The molecule has 0 bridgehead atoms. The molecule has 0 spiro atoms. The van der Waals surface area contributed by atoms with Crippen LogP contribution in [0.2, 0.25) is 0 Å². The van der Waals surface area contributed by atoms with E-state index in [1.54, 1.807) is 6.33 Å². The Morgan fingerprint density at radius 1 is 1.00 bits per heavy atom. The SMILES string of the molecule is Nc1c(Nc2ccccc2Br)ncnc1NC1CCCCCC1. The maximum atomic E-state index is 6.27. The van der Waals surface area contributed by atoms with Crippen molar-refractivity contribution in [1.29, 1.82) is 0 Å². The van der Waals surface area contributed by atoms with E-state index in [-0.39, 0.29) is 0 Å². The molecule has 0 unspecified atom stereocenters. The first kappa shape index (κ1) is 16.1. The molecule has 122 valence electrons. The number of nitrogens with two attached hydrogens (primary N) is 1. The minimum absolute atomic E-state index is 0.450. The van der Waals surface area contributed by atoms with Crippen LogP contribution in [0.1, 0.15) is 38.5 Å². The highest BCUT2D eigenvalue weighted by Gasteiger charge is 2.16. The molecule has 1 heterocycles. The van der Waals surface area contributed by atoms with Gasteiger partial charge in [0.25, 0.3) is 0 Å². The largest absolute Gasteiger partial charge is 0.393 e. The lowest BCUT2D eigenvalue weighted by molar-refractivity contribution is 0.618. The normalized spacial score (nSPS) is 15.9. The average molecular weight is 376 g/mol. The van der Waals surface area contributed by atoms with Crippen molar-refractivity contribution in [2.75, 3.05) is 16.4 Å². The molecule has 0 atom stereocenters. The van der Waals surface area contributed by atoms with Crippen LogP contribution < -0.4 is 16.4 Å². The summed E-state index contributed by atoms with van der Waals surface area (Å²) in [4.78, 5) is 8.61. The Kier molecular flexibility index (Phi) is 5.33. The maximum Gasteiger partial charge on any atom is 0.159 e. The molecule has 1 fully saturated rings. The smallest absolute Gasteiger partial charge is 0.159 e. The second-order valence-electron chi connectivity index (χ2n) is 5.92. The zero-order valence-corrected chi connectivity index (χ0v) is 14.6. The molecular weight excluding hydrogens is 354 g/mol. The standard InChI is InChI=1S/C17H22BrN5/c18-13-9-5-6-10-14(13)23-17-15(19)16(20-11-21-17)22-12-7-3-1-2-4-8-12/h5-6,9-12H,1-4,7-8,19H2,(H2,20,21,22,23). The number of aromatic nitrogens is 2. The monoisotopic (exact) mass is 375 g/mol. The third-order valence-corrected chi connectivity index (χ3v) is 4.90. The summed E-state index contributed by atoms with van der Waals surface area (Å²) in [5.74, 6) is 1.35. The Labute approximate surface area is 145 Å². The predicted molar refractivity (Wildman–Crippen MR) is 99.0 cm³/mol. The second kappa shape index (κ2) is 7.64. The van der Waals surface area contributed by atoms with E-state index in [4.69, 9.17) is 5.73 Å². The number of benzene rings is 1. The van der Waals surface area contributed by atoms with Crippen molar-refractivity contribution in [3.63, 3.8) is 0 Å². The van der Waals surface area contributed by atoms with Crippen LogP contribution in [0.4, 0.5) is 23.0 Å². The van der Waals surface area contributed by atoms with Crippen LogP contribution in [0, 0.1) is 0 Å². The fraction of sp³-hybridized carbons (Fsp3) is 0.412. The van der Waals surface area contributed by atoms with Gasteiger partial charge in [-0.15, -0.1) is 0 Å². The van der Waals surface area contributed by atoms with E-state index in [0.29, 0.717) is 17.5 Å². The number of rotatable bonds is 4. The highest BCUT2D eigenvalue weighted by Crippen LogP contribution is 2.30. The fourth-order valence-electron chi connectivity index (χ4n) is 2.92. The molecule has 0 aliphatic heterocycles. The Balaban J connectivity index is 1.76. The van der Waals surface area contributed by atoms with Gasteiger partial charge in [-0.3, -0.25) is 0 Å². The quantitative estimate of drug-likeness (QED) is 0.675. The van der Waals surface area contributed by atoms with E-state index in [1.807, 2.05) is 24.3 Å². The number of hydrogen-bond acceptors (Lipinski definition) is 5. The lowest BCUT2D eigenvalue weighted by Gasteiger charge is -2.19. The van der Waals surface area contributed by atoms with Gasteiger partial charge in [0.1, 0.15) is 12.0 Å². The highest BCUT2D eigenvalue weighted by molar-refractivity contribution is 9.10. The van der Waals surface area contributed by atoms with E-state index < -0.39 is 0 Å². The molecule has 2 aromatic rings. The molecule has 0 saturated heterocycles. The number of para-hydroxylation sites is 1. The molecular formula is C17H22BrN5. The highest BCUT2D eigenvalue weighted by atomic mass is 79.9. The molecule has 6 heteroatoms. The predicted octanol–water partition coefficient (Wildman–Crippen LogP) is 4.70. The fourth-order valence-corrected chi connectivity index (χ4v) is 3.30. The number of halogens is 1. The Morgan fingerprint density at radius 2 is 1.70 bits per heavy atom. The van der Waals surface area contributed by atoms with Gasteiger partial charge in [0, 0.05) is 10.5 Å². The second-order valence-corrected chi connectivity index (χ2v) is 6.78. The summed E-state index contributed by atoms with van der Waals surface area (Å²) < 4.78 is 0.969. The molecule has 4 N–H and O–H groups in total. The Bertz CT molecular complexity index is 653. The van der Waals surface area contributed by atoms with Gasteiger partial charge in [-0.05, 0) is 40.9 Å². The molecule has 5 nitrogen and oxygen atoms in total. The molecule has 1 saturated carbocycles. The van der Waals surface area contributed by atoms with E-state index in [0.717, 1.165) is 16.0 Å². The molecule has 3 rings (SSSR count). The van der Waals surface area contributed by atoms with E-state index in [1.165, 1.54) is 38.5 Å². The molecule has 1 aromatic carbocycles. The van der Waals surface area contributed by atoms with E-state index in [2.05, 4.69) is 36.5 Å². The van der Waals surface area contributed by atoms with Gasteiger partial charge in [0.05, 0.1) is 5.69 Å². The van der Waals surface area contributed by atoms with Crippen LogP contribution in [0.25, 0.3) is 0 Å². The first-order chi connectivity index (χ1) is 11.2. The topological polar surface area (TPSA) is 75.9 Å². The molecule has 1 aliphatic carbocycles. The van der Waals surface area contributed by atoms with Crippen molar-refractivity contribution in [1.82, 2.24) is 9.97 Å². The summed E-state index contributed by atoms with van der Waals surface area (Å²) in [5, 5.41) is 6.77. The number of anilines is 4. The van der Waals surface area contributed by atoms with Gasteiger partial charge in [0.2, 0.25) is 0 Å². The van der Waals surface area contributed by atoms with Gasteiger partial charge in [-0.1, -0.05) is 37.8 Å².